The number of rotatable bonds is 1. The molecule has 0 radical (unpaired) electrons. The molecule has 0 spiro atoms. The molecule has 0 aliphatic heterocycles. The van der Waals surface area contributed by atoms with Crippen molar-refractivity contribution in [2.75, 3.05) is 11.9 Å². The Morgan fingerprint density at radius 3 is 2.50 bits per heavy atom. The van der Waals surface area contributed by atoms with Gasteiger partial charge in [0.1, 0.15) is 0 Å². The van der Waals surface area contributed by atoms with E-state index in [1.54, 1.807) is 24.1 Å². The molecule has 4 heteroatoms. The molecule has 3 rings (SSSR count). The number of nitrogens with zero attached hydrogens (tertiary/aromatic N) is 1. The fourth-order valence-electron chi connectivity index (χ4n) is 2.43. The lowest BCUT2D eigenvalue weighted by molar-refractivity contribution is -0.113. The Kier molecular flexibility index (Phi) is 5.08. The van der Waals surface area contributed by atoms with Crippen LogP contribution in [0, 0.1) is 15.4 Å². The Morgan fingerprint density at radius 2 is 1.75 bits per heavy atom. The highest BCUT2D eigenvalue weighted by atomic mass is 127. The maximum atomic E-state index is 12.5. The number of carbonyl (C=O) groups excluding carboxylic acids is 1. The number of fused-ring (bicyclic) bond motifs is 1. The average Bonchev–Trinajstić information content (AvgIpc) is 2.60. The molecular weight excluding hydrogens is 433 g/mol. The highest BCUT2D eigenvalue weighted by Crippen LogP contribution is 2.30. The first-order valence-electron chi connectivity index (χ1n) is 7.29. The zero-order valence-corrected chi connectivity index (χ0v) is 15.8. The summed E-state index contributed by atoms with van der Waals surface area (Å²) in [6, 6.07) is 19.2. The number of hydrogen-bond acceptors (Lipinski definition) is 1. The SMILES string of the molecule is CN(C(=O)C#Cc1ccccc1Cl)c1cccc2cccc(I)c12. The monoisotopic (exact) mass is 445 g/mol. The minimum Gasteiger partial charge on any atom is -0.304 e. The van der Waals surface area contributed by atoms with E-state index >= 15 is 0 Å². The predicted molar refractivity (Wildman–Crippen MR) is 108 cm³/mol. The predicted octanol–water partition coefficient (Wildman–Crippen LogP) is 5.11. The van der Waals surface area contributed by atoms with E-state index < -0.39 is 0 Å². The van der Waals surface area contributed by atoms with Crippen LogP contribution in [0.5, 0.6) is 0 Å². The highest BCUT2D eigenvalue weighted by molar-refractivity contribution is 14.1. The standard InChI is InChI=1S/C20H13ClINO/c1-23(19(24)13-12-14-6-2-3-9-16(14)21)18-11-5-8-15-7-4-10-17(22)20(15)18/h2-11H,1H3. The fraction of sp³-hybridized carbons (Fsp3) is 0.0500. The second-order valence-corrected chi connectivity index (χ2v) is 6.78. The van der Waals surface area contributed by atoms with Crippen molar-refractivity contribution in [3.8, 4) is 11.8 Å². The van der Waals surface area contributed by atoms with Gasteiger partial charge in [0, 0.05) is 27.5 Å². The van der Waals surface area contributed by atoms with Gasteiger partial charge in [-0.1, -0.05) is 53.9 Å². The number of halogens is 2. The normalized spacial score (nSPS) is 10.1. The molecule has 24 heavy (non-hydrogen) atoms. The zero-order chi connectivity index (χ0) is 17.1. The molecule has 0 aromatic heterocycles. The van der Waals surface area contributed by atoms with Crippen LogP contribution in [0.15, 0.2) is 60.7 Å². The van der Waals surface area contributed by atoms with E-state index in [4.69, 9.17) is 11.6 Å². The van der Waals surface area contributed by atoms with E-state index in [1.165, 1.54) is 0 Å². The molecular formula is C20H13ClINO. The summed E-state index contributed by atoms with van der Waals surface area (Å²) in [4.78, 5) is 14.1. The van der Waals surface area contributed by atoms with Gasteiger partial charge in [-0.3, -0.25) is 4.79 Å². The summed E-state index contributed by atoms with van der Waals surface area (Å²) in [5, 5.41) is 2.69. The molecule has 0 heterocycles. The summed E-state index contributed by atoms with van der Waals surface area (Å²) in [5.41, 5.74) is 1.49. The molecule has 0 saturated heterocycles. The third-order valence-electron chi connectivity index (χ3n) is 3.68. The molecule has 0 unspecified atom stereocenters. The summed E-state index contributed by atoms with van der Waals surface area (Å²) in [6.07, 6.45) is 0. The average molecular weight is 446 g/mol. The Morgan fingerprint density at radius 1 is 1.04 bits per heavy atom. The van der Waals surface area contributed by atoms with Gasteiger partial charge < -0.3 is 4.90 Å². The lowest BCUT2D eigenvalue weighted by atomic mass is 10.1. The van der Waals surface area contributed by atoms with Crippen LogP contribution in [-0.4, -0.2) is 13.0 Å². The molecule has 0 fully saturated rings. The topological polar surface area (TPSA) is 20.3 Å². The van der Waals surface area contributed by atoms with Crippen LogP contribution in [0.1, 0.15) is 5.56 Å². The molecule has 3 aromatic rings. The van der Waals surface area contributed by atoms with Crippen molar-refractivity contribution < 1.29 is 4.79 Å². The summed E-state index contributed by atoms with van der Waals surface area (Å²) in [5.74, 6) is 5.25. The fourth-order valence-corrected chi connectivity index (χ4v) is 3.41. The van der Waals surface area contributed by atoms with Crippen molar-refractivity contribution >= 4 is 56.6 Å². The van der Waals surface area contributed by atoms with Crippen LogP contribution in [-0.2, 0) is 4.79 Å². The van der Waals surface area contributed by atoms with Crippen molar-refractivity contribution in [1.82, 2.24) is 0 Å². The smallest absolute Gasteiger partial charge is 0.303 e. The van der Waals surface area contributed by atoms with Crippen LogP contribution in [0.2, 0.25) is 5.02 Å². The molecule has 0 aliphatic carbocycles. The Balaban J connectivity index is 1.97. The minimum absolute atomic E-state index is 0.276. The summed E-state index contributed by atoms with van der Waals surface area (Å²) in [7, 11) is 1.74. The van der Waals surface area contributed by atoms with Crippen LogP contribution in [0.4, 0.5) is 5.69 Å². The Bertz CT molecular complexity index is 982. The molecule has 3 aromatic carbocycles. The van der Waals surface area contributed by atoms with Gasteiger partial charge in [-0.2, -0.15) is 0 Å². The van der Waals surface area contributed by atoms with Gasteiger partial charge in [-0.15, -0.1) is 0 Å². The van der Waals surface area contributed by atoms with Gasteiger partial charge in [0.15, 0.2) is 0 Å². The number of anilines is 1. The first-order chi connectivity index (χ1) is 11.6. The molecule has 118 valence electrons. The lowest BCUT2D eigenvalue weighted by Gasteiger charge is -2.17. The minimum atomic E-state index is -0.276. The highest BCUT2D eigenvalue weighted by Gasteiger charge is 2.13. The second-order valence-electron chi connectivity index (χ2n) is 5.21. The van der Waals surface area contributed by atoms with Gasteiger partial charge in [0.2, 0.25) is 0 Å². The number of benzene rings is 3. The van der Waals surface area contributed by atoms with E-state index in [9.17, 15) is 4.79 Å². The molecule has 0 bridgehead atoms. The molecule has 0 N–H and O–H groups in total. The van der Waals surface area contributed by atoms with Crippen molar-refractivity contribution in [2.24, 2.45) is 0 Å². The zero-order valence-electron chi connectivity index (χ0n) is 12.9. The molecule has 0 saturated carbocycles. The van der Waals surface area contributed by atoms with Gasteiger partial charge in [-0.05, 0) is 52.2 Å². The van der Waals surface area contributed by atoms with E-state index in [-0.39, 0.29) is 5.91 Å². The maximum Gasteiger partial charge on any atom is 0.303 e. The largest absolute Gasteiger partial charge is 0.304 e. The van der Waals surface area contributed by atoms with E-state index in [0.29, 0.717) is 10.6 Å². The summed E-state index contributed by atoms with van der Waals surface area (Å²) in [6.45, 7) is 0. The van der Waals surface area contributed by atoms with Crippen LogP contribution < -0.4 is 4.90 Å². The third-order valence-corrected chi connectivity index (χ3v) is 4.90. The molecule has 0 atom stereocenters. The summed E-state index contributed by atoms with van der Waals surface area (Å²) < 4.78 is 1.10. The van der Waals surface area contributed by atoms with Crippen molar-refractivity contribution in [1.29, 1.82) is 0 Å². The first-order valence-corrected chi connectivity index (χ1v) is 8.75. The van der Waals surface area contributed by atoms with Crippen LogP contribution in [0.25, 0.3) is 10.8 Å². The van der Waals surface area contributed by atoms with E-state index in [1.807, 2.05) is 48.5 Å². The second kappa shape index (κ2) is 7.25. The summed E-state index contributed by atoms with van der Waals surface area (Å²) >= 11 is 8.36. The Labute approximate surface area is 159 Å². The third kappa shape index (κ3) is 3.40. The van der Waals surface area contributed by atoms with Crippen molar-refractivity contribution in [2.45, 2.75) is 0 Å². The van der Waals surface area contributed by atoms with Gasteiger partial charge in [0.25, 0.3) is 0 Å². The number of amides is 1. The molecule has 0 aliphatic rings. The van der Waals surface area contributed by atoms with Gasteiger partial charge in [0.05, 0.1) is 10.7 Å². The molecule has 1 amide bonds. The van der Waals surface area contributed by atoms with Crippen LogP contribution in [0.3, 0.4) is 0 Å². The van der Waals surface area contributed by atoms with Crippen LogP contribution >= 0.6 is 34.2 Å². The van der Waals surface area contributed by atoms with E-state index in [2.05, 4.69) is 34.4 Å². The maximum absolute atomic E-state index is 12.5. The first kappa shape index (κ1) is 16.8. The van der Waals surface area contributed by atoms with Crippen molar-refractivity contribution in [3.05, 3.63) is 74.8 Å². The quantitative estimate of drug-likeness (QED) is 0.376. The lowest BCUT2D eigenvalue weighted by Crippen LogP contribution is -2.24. The number of hydrogen-bond donors (Lipinski definition) is 0. The van der Waals surface area contributed by atoms with Gasteiger partial charge >= 0.3 is 5.91 Å². The Hall–Kier alpha value is -2.03. The van der Waals surface area contributed by atoms with Gasteiger partial charge in [-0.25, -0.2) is 0 Å². The van der Waals surface area contributed by atoms with E-state index in [0.717, 1.165) is 20.0 Å². The van der Waals surface area contributed by atoms with Crippen molar-refractivity contribution in [3.63, 3.8) is 0 Å². The number of carbonyl (C=O) groups is 1. The molecule has 2 nitrogen and oxygen atoms in total.